The molecule has 2 heterocycles. The van der Waals surface area contributed by atoms with Crippen LogP contribution in [0.2, 0.25) is 0 Å². The minimum absolute atomic E-state index is 0.294. The SMILES string of the molecule is CCCc1cccc(CCN2CCN(C3=NC(Cc4cccc(O)c4)=CCO3)CC2)c1. The fourth-order valence-electron chi connectivity index (χ4n) is 4.24. The van der Waals surface area contributed by atoms with Crippen LogP contribution in [0.25, 0.3) is 0 Å². The molecule has 0 amide bonds. The summed E-state index contributed by atoms with van der Waals surface area (Å²) in [6.45, 7) is 7.83. The lowest BCUT2D eigenvalue weighted by Crippen LogP contribution is -2.50. The molecule has 0 radical (unpaired) electrons. The number of phenols is 1. The Morgan fingerprint density at radius 2 is 1.68 bits per heavy atom. The molecule has 0 spiro atoms. The first-order chi connectivity index (χ1) is 15.2. The first-order valence-corrected chi connectivity index (χ1v) is 11.4. The van der Waals surface area contributed by atoms with Crippen molar-refractivity contribution in [3.05, 3.63) is 77.0 Å². The molecular weight excluding hydrogens is 386 g/mol. The third-order valence-electron chi connectivity index (χ3n) is 5.96. The minimum Gasteiger partial charge on any atom is -0.508 e. The molecule has 2 aliphatic rings. The summed E-state index contributed by atoms with van der Waals surface area (Å²) in [5.41, 5.74) is 4.95. The van der Waals surface area contributed by atoms with Gasteiger partial charge in [0.2, 0.25) is 0 Å². The van der Waals surface area contributed by atoms with Gasteiger partial charge in [-0.2, -0.15) is 0 Å². The van der Waals surface area contributed by atoms with Crippen LogP contribution in [0.4, 0.5) is 0 Å². The van der Waals surface area contributed by atoms with E-state index in [0.717, 1.165) is 62.8 Å². The Labute approximate surface area is 185 Å². The summed E-state index contributed by atoms with van der Waals surface area (Å²) >= 11 is 0. The first-order valence-electron chi connectivity index (χ1n) is 11.4. The molecule has 4 rings (SSSR count). The van der Waals surface area contributed by atoms with Gasteiger partial charge in [-0.1, -0.05) is 49.7 Å². The van der Waals surface area contributed by atoms with Gasteiger partial charge in [0.05, 0.1) is 0 Å². The highest BCUT2D eigenvalue weighted by molar-refractivity contribution is 5.76. The molecule has 0 aromatic heterocycles. The molecule has 0 atom stereocenters. The van der Waals surface area contributed by atoms with Crippen molar-refractivity contribution in [2.24, 2.45) is 4.99 Å². The lowest BCUT2D eigenvalue weighted by atomic mass is 10.0. The quantitative estimate of drug-likeness (QED) is 0.737. The Morgan fingerprint density at radius 1 is 0.935 bits per heavy atom. The number of rotatable bonds is 7. The number of hydrogen-bond donors (Lipinski definition) is 1. The number of hydrogen-bond acceptors (Lipinski definition) is 5. The van der Waals surface area contributed by atoms with E-state index in [9.17, 15) is 5.11 Å². The van der Waals surface area contributed by atoms with Crippen molar-refractivity contribution in [1.29, 1.82) is 0 Å². The molecule has 1 N–H and O–H groups in total. The molecule has 5 nitrogen and oxygen atoms in total. The number of allylic oxidation sites excluding steroid dienone is 1. The van der Waals surface area contributed by atoms with E-state index in [4.69, 9.17) is 9.73 Å². The number of piperazine rings is 1. The van der Waals surface area contributed by atoms with Crippen molar-refractivity contribution < 1.29 is 9.84 Å². The number of phenolic OH excluding ortho intramolecular Hbond substituents is 1. The van der Waals surface area contributed by atoms with Gasteiger partial charge in [-0.3, -0.25) is 4.90 Å². The Morgan fingerprint density at radius 3 is 2.45 bits per heavy atom. The van der Waals surface area contributed by atoms with Crippen LogP contribution < -0.4 is 0 Å². The third kappa shape index (κ3) is 6.11. The molecule has 0 unspecified atom stereocenters. The minimum atomic E-state index is 0.294. The fraction of sp³-hybridized carbons (Fsp3) is 0.423. The lowest BCUT2D eigenvalue weighted by Gasteiger charge is -2.36. The van der Waals surface area contributed by atoms with E-state index in [1.807, 2.05) is 18.2 Å². The van der Waals surface area contributed by atoms with Gasteiger partial charge in [-0.25, -0.2) is 4.99 Å². The fourth-order valence-corrected chi connectivity index (χ4v) is 4.24. The van der Waals surface area contributed by atoms with Gasteiger partial charge in [0.15, 0.2) is 0 Å². The molecule has 1 fully saturated rings. The Hall–Kier alpha value is -2.79. The molecule has 2 aromatic carbocycles. The maximum atomic E-state index is 9.68. The summed E-state index contributed by atoms with van der Waals surface area (Å²) in [5.74, 6) is 0.294. The van der Waals surface area contributed by atoms with E-state index >= 15 is 0 Å². The molecule has 0 saturated carbocycles. The van der Waals surface area contributed by atoms with Crippen LogP contribution in [0.5, 0.6) is 5.75 Å². The largest absolute Gasteiger partial charge is 0.508 e. The predicted molar refractivity (Wildman–Crippen MR) is 125 cm³/mol. The molecule has 31 heavy (non-hydrogen) atoms. The van der Waals surface area contributed by atoms with Crippen molar-refractivity contribution in [1.82, 2.24) is 9.80 Å². The van der Waals surface area contributed by atoms with Gasteiger partial charge in [-0.05, 0) is 47.7 Å². The van der Waals surface area contributed by atoms with Gasteiger partial charge in [0.1, 0.15) is 12.4 Å². The second-order valence-electron chi connectivity index (χ2n) is 8.40. The van der Waals surface area contributed by atoms with Crippen molar-refractivity contribution >= 4 is 6.02 Å². The standard InChI is InChI=1S/C26H33N3O2/c1-2-5-21-6-3-7-22(18-21)10-12-28-13-15-29(16-14-28)26-27-24(11-17-31-26)19-23-8-4-9-25(30)20-23/h3-4,6-9,11,18,20,30H,2,5,10,12-17,19H2,1H3. The average Bonchev–Trinajstić information content (AvgIpc) is 2.79. The summed E-state index contributed by atoms with van der Waals surface area (Å²) in [5, 5.41) is 9.68. The van der Waals surface area contributed by atoms with E-state index in [-0.39, 0.29) is 0 Å². The highest BCUT2D eigenvalue weighted by Gasteiger charge is 2.22. The lowest BCUT2D eigenvalue weighted by molar-refractivity contribution is 0.153. The molecule has 1 saturated heterocycles. The van der Waals surface area contributed by atoms with Gasteiger partial charge in [0, 0.05) is 44.8 Å². The van der Waals surface area contributed by atoms with Gasteiger partial charge >= 0.3 is 0 Å². The number of aromatic hydroxyl groups is 1. The number of nitrogens with zero attached hydrogens (tertiary/aromatic N) is 3. The normalized spacial score (nSPS) is 17.1. The smallest absolute Gasteiger partial charge is 0.292 e. The van der Waals surface area contributed by atoms with Crippen LogP contribution in [0.15, 0.2) is 65.3 Å². The zero-order chi connectivity index (χ0) is 21.5. The summed E-state index contributed by atoms with van der Waals surface area (Å²) in [4.78, 5) is 9.55. The summed E-state index contributed by atoms with van der Waals surface area (Å²) in [6, 6.07) is 17.2. The number of benzene rings is 2. The maximum Gasteiger partial charge on any atom is 0.292 e. The predicted octanol–water partition coefficient (Wildman–Crippen LogP) is 4.02. The number of amidine groups is 1. The molecule has 164 valence electrons. The molecule has 2 aromatic rings. The van der Waals surface area contributed by atoms with Gasteiger partial charge < -0.3 is 14.7 Å². The van der Waals surface area contributed by atoms with Crippen LogP contribution in [-0.2, 0) is 24.0 Å². The van der Waals surface area contributed by atoms with E-state index in [2.05, 4.69) is 41.0 Å². The molecule has 2 aliphatic heterocycles. The Bertz CT molecular complexity index is 930. The van der Waals surface area contributed by atoms with Crippen molar-refractivity contribution in [2.45, 2.75) is 32.6 Å². The van der Waals surface area contributed by atoms with Crippen LogP contribution in [-0.4, -0.2) is 60.3 Å². The molecule has 0 aliphatic carbocycles. The zero-order valence-corrected chi connectivity index (χ0v) is 18.5. The van der Waals surface area contributed by atoms with Gasteiger partial charge in [-0.15, -0.1) is 0 Å². The van der Waals surface area contributed by atoms with Crippen molar-refractivity contribution in [2.75, 3.05) is 39.3 Å². The Balaban J connectivity index is 1.27. The summed E-state index contributed by atoms with van der Waals surface area (Å²) < 4.78 is 5.84. The summed E-state index contributed by atoms with van der Waals surface area (Å²) in [7, 11) is 0. The third-order valence-corrected chi connectivity index (χ3v) is 5.96. The van der Waals surface area contributed by atoms with Crippen molar-refractivity contribution in [3.8, 4) is 5.75 Å². The zero-order valence-electron chi connectivity index (χ0n) is 18.5. The topological polar surface area (TPSA) is 48.3 Å². The average molecular weight is 420 g/mol. The van der Waals surface area contributed by atoms with Crippen LogP contribution >= 0.6 is 0 Å². The van der Waals surface area contributed by atoms with E-state index in [1.54, 1.807) is 12.1 Å². The van der Waals surface area contributed by atoms with Gasteiger partial charge in [0.25, 0.3) is 6.02 Å². The number of aliphatic imine (C=N–C) groups is 1. The first kappa shape index (κ1) is 21.4. The second-order valence-corrected chi connectivity index (χ2v) is 8.40. The number of aryl methyl sites for hydroxylation is 1. The molecular formula is C26H33N3O2. The number of ether oxygens (including phenoxy) is 1. The van der Waals surface area contributed by atoms with E-state index < -0.39 is 0 Å². The maximum absolute atomic E-state index is 9.68. The van der Waals surface area contributed by atoms with Crippen LogP contribution in [0.1, 0.15) is 30.0 Å². The second kappa shape index (κ2) is 10.5. The Kier molecular flexibility index (Phi) is 7.26. The highest BCUT2D eigenvalue weighted by Crippen LogP contribution is 2.18. The highest BCUT2D eigenvalue weighted by atomic mass is 16.5. The molecule has 0 bridgehead atoms. The van der Waals surface area contributed by atoms with Crippen LogP contribution in [0, 0.1) is 0 Å². The summed E-state index contributed by atoms with van der Waals surface area (Å²) in [6.07, 6.45) is 6.19. The molecule has 5 heteroatoms. The van der Waals surface area contributed by atoms with Crippen molar-refractivity contribution in [3.63, 3.8) is 0 Å². The van der Waals surface area contributed by atoms with Crippen LogP contribution in [0.3, 0.4) is 0 Å². The monoisotopic (exact) mass is 419 g/mol. The van der Waals surface area contributed by atoms with E-state index in [0.29, 0.717) is 18.8 Å². The van der Waals surface area contributed by atoms with E-state index in [1.165, 1.54) is 17.5 Å².